The van der Waals surface area contributed by atoms with E-state index < -0.39 is 0 Å². The van der Waals surface area contributed by atoms with E-state index in [-0.39, 0.29) is 24.2 Å². The van der Waals surface area contributed by atoms with Crippen LogP contribution in [0.2, 0.25) is 0 Å². The van der Waals surface area contributed by atoms with Crippen LogP contribution < -0.4 is 16.1 Å². The summed E-state index contributed by atoms with van der Waals surface area (Å²) in [6, 6.07) is 9.72. The van der Waals surface area contributed by atoms with Gasteiger partial charge in [-0.15, -0.1) is 0 Å². The SMILES string of the molecule is COBNC1CCC(C(=O)NNC(=O)Cc2ccccc2)C1. The highest BCUT2D eigenvalue weighted by molar-refractivity contribution is 6.23. The fourth-order valence-corrected chi connectivity index (χ4v) is 2.67. The number of hydrazine groups is 1. The second-order valence-electron chi connectivity index (χ2n) is 5.54. The van der Waals surface area contributed by atoms with Gasteiger partial charge in [0.15, 0.2) is 0 Å². The molecule has 6 nitrogen and oxygen atoms in total. The molecule has 0 bridgehead atoms. The number of benzene rings is 1. The molecule has 7 heteroatoms. The standard InChI is InChI=1S/C15H22BN3O3/c1-22-16-17-13-8-7-12(10-13)15(21)19-18-14(20)9-11-5-3-2-4-6-11/h2-6,12-13,16-17H,7-10H2,1H3,(H,18,20)(H,19,21). The lowest BCUT2D eigenvalue weighted by Gasteiger charge is -2.13. The zero-order valence-electron chi connectivity index (χ0n) is 12.8. The van der Waals surface area contributed by atoms with Gasteiger partial charge < -0.3 is 9.88 Å². The second-order valence-corrected chi connectivity index (χ2v) is 5.54. The molecule has 1 saturated carbocycles. The topological polar surface area (TPSA) is 79.5 Å². The molecule has 2 rings (SSSR count). The van der Waals surface area contributed by atoms with Gasteiger partial charge in [-0.2, -0.15) is 0 Å². The Morgan fingerprint density at radius 1 is 1.23 bits per heavy atom. The highest BCUT2D eigenvalue weighted by Crippen LogP contribution is 2.25. The van der Waals surface area contributed by atoms with Gasteiger partial charge in [-0.05, 0) is 30.9 Å². The first-order valence-corrected chi connectivity index (χ1v) is 7.54. The van der Waals surface area contributed by atoms with Gasteiger partial charge >= 0.3 is 7.62 Å². The minimum absolute atomic E-state index is 0.0635. The molecule has 0 heterocycles. The molecule has 1 aliphatic carbocycles. The molecule has 0 spiro atoms. The van der Waals surface area contributed by atoms with Crippen LogP contribution >= 0.6 is 0 Å². The summed E-state index contributed by atoms with van der Waals surface area (Å²) in [6.07, 6.45) is 2.79. The number of rotatable bonds is 6. The van der Waals surface area contributed by atoms with Crippen molar-refractivity contribution < 1.29 is 14.2 Å². The molecule has 0 saturated heterocycles. The predicted octanol–water partition coefficient (Wildman–Crippen LogP) is 0.0477. The summed E-state index contributed by atoms with van der Waals surface area (Å²) in [6.45, 7) is 0. The van der Waals surface area contributed by atoms with Crippen LogP contribution in [0.15, 0.2) is 30.3 Å². The first-order valence-electron chi connectivity index (χ1n) is 7.54. The van der Waals surface area contributed by atoms with Crippen molar-refractivity contribution in [3.8, 4) is 0 Å². The summed E-state index contributed by atoms with van der Waals surface area (Å²) in [5.41, 5.74) is 5.92. The van der Waals surface area contributed by atoms with E-state index in [9.17, 15) is 9.59 Å². The molecule has 118 valence electrons. The van der Waals surface area contributed by atoms with Gasteiger partial charge in [0, 0.05) is 13.0 Å². The summed E-state index contributed by atoms with van der Waals surface area (Å²) in [4.78, 5) is 23.8. The van der Waals surface area contributed by atoms with Gasteiger partial charge in [-0.25, -0.2) is 0 Å². The van der Waals surface area contributed by atoms with Crippen LogP contribution in [0.3, 0.4) is 0 Å². The van der Waals surface area contributed by atoms with Crippen LogP contribution in [-0.4, -0.2) is 32.6 Å². The van der Waals surface area contributed by atoms with E-state index in [1.807, 2.05) is 30.3 Å². The van der Waals surface area contributed by atoms with E-state index in [1.54, 1.807) is 7.11 Å². The molecule has 22 heavy (non-hydrogen) atoms. The lowest BCUT2D eigenvalue weighted by molar-refractivity contribution is -0.130. The molecule has 2 amide bonds. The van der Waals surface area contributed by atoms with Crippen LogP contribution in [0.1, 0.15) is 24.8 Å². The minimum atomic E-state index is -0.216. The van der Waals surface area contributed by atoms with Crippen LogP contribution in [0.25, 0.3) is 0 Å². The summed E-state index contributed by atoms with van der Waals surface area (Å²) < 4.78 is 4.97. The fourth-order valence-electron chi connectivity index (χ4n) is 2.67. The molecule has 1 aliphatic rings. The maximum absolute atomic E-state index is 12.0. The number of hydrogen-bond donors (Lipinski definition) is 3. The largest absolute Gasteiger partial charge is 0.427 e. The maximum atomic E-state index is 12.0. The normalized spacial score (nSPS) is 20.4. The Bertz CT molecular complexity index is 498. The Morgan fingerprint density at radius 3 is 2.73 bits per heavy atom. The molecule has 1 aromatic rings. The van der Waals surface area contributed by atoms with Crippen molar-refractivity contribution >= 4 is 19.4 Å². The molecule has 1 fully saturated rings. The third-order valence-corrected chi connectivity index (χ3v) is 3.85. The van der Waals surface area contributed by atoms with Crippen LogP contribution in [0, 0.1) is 5.92 Å². The minimum Gasteiger partial charge on any atom is -0.427 e. The lowest BCUT2D eigenvalue weighted by atomic mass is 10.1. The Balaban J connectivity index is 1.68. The van der Waals surface area contributed by atoms with Crippen molar-refractivity contribution in [3.05, 3.63) is 35.9 Å². The van der Waals surface area contributed by atoms with E-state index in [0.29, 0.717) is 13.7 Å². The first-order chi connectivity index (χ1) is 10.7. The summed E-state index contributed by atoms with van der Waals surface area (Å²) in [7, 11) is 2.13. The number of nitrogens with one attached hydrogen (secondary N) is 3. The Morgan fingerprint density at radius 2 is 2.00 bits per heavy atom. The third-order valence-electron chi connectivity index (χ3n) is 3.85. The highest BCUT2D eigenvalue weighted by Gasteiger charge is 2.29. The molecule has 0 aromatic heterocycles. The zero-order chi connectivity index (χ0) is 15.8. The van der Waals surface area contributed by atoms with Gasteiger partial charge in [-0.3, -0.25) is 20.4 Å². The predicted molar refractivity (Wildman–Crippen MR) is 84.9 cm³/mol. The first kappa shape index (κ1) is 16.5. The lowest BCUT2D eigenvalue weighted by Crippen LogP contribution is -2.45. The number of hydrogen-bond acceptors (Lipinski definition) is 4. The number of amides is 2. The van der Waals surface area contributed by atoms with Crippen LogP contribution in [-0.2, 0) is 20.7 Å². The van der Waals surface area contributed by atoms with Crippen LogP contribution in [0.5, 0.6) is 0 Å². The second kappa shape index (κ2) is 8.55. The van der Waals surface area contributed by atoms with Crippen molar-refractivity contribution in [1.82, 2.24) is 16.1 Å². The highest BCUT2D eigenvalue weighted by atomic mass is 16.4. The summed E-state index contributed by atoms with van der Waals surface area (Å²) in [5, 5.41) is 3.22. The van der Waals surface area contributed by atoms with Gasteiger partial charge in [-0.1, -0.05) is 30.3 Å². The average molecular weight is 303 g/mol. The van der Waals surface area contributed by atoms with E-state index in [1.165, 1.54) is 0 Å². The van der Waals surface area contributed by atoms with Gasteiger partial charge in [0.2, 0.25) is 11.8 Å². The van der Waals surface area contributed by atoms with Crippen molar-refractivity contribution in [1.29, 1.82) is 0 Å². The van der Waals surface area contributed by atoms with Crippen molar-refractivity contribution in [2.75, 3.05) is 7.11 Å². The Kier molecular flexibility index (Phi) is 6.42. The molecule has 2 atom stereocenters. The third kappa shape index (κ3) is 5.16. The van der Waals surface area contributed by atoms with Gasteiger partial charge in [0.1, 0.15) is 0 Å². The fraction of sp³-hybridized carbons (Fsp3) is 0.467. The Labute approximate surface area is 131 Å². The monoisotopic (exact) mass is 303 g/mol. The molecular weight excluding hydrogens is 281 g/mol. The van der Waals surface area contributed by atoms with Crippen molar-refractivity contribution in [3.63, 3.8) is 0 Å². The van der Waals surface area contributed by atoms with Crippen molar-refractivity contribution in [2.24, 2.45) is 5.92 Å². The number of carbonyl (C=O) groups excluding carboxylic acids is 2. The average Bonchev–Trinajstić information content (AvgIpc) is 3.00. The molecule has 3 N–H and O–H groups in total. The van der Waals surface area contributed by atoms with E-state index in [4.69, 9.17) is 4.65 Å². The van der Waals surface area contributed by atoms with Gasteiger partial charge in [0.25, 0.3) is 0 Å². The van der Waals surface area contributed by atoms with E-state index >= 15 is 0 Å². The Hall–Kier alpha value is -1.86. The van der Waals surface area contributed by atoms with Crippen molar-refractivity contribution in [2.45, 2.75) is 31.7 Å². The maximum Gasteiger partial charge on any atom is 0.360 e. The summed E-state index contributed by atoms with van der Waals surface area (Å²) in [5.74, 6) is -0.402. The number of carbonyl (C=O) groups is 2. The molecular formula is C15H22BN3O3. The quantitative estimate of drug-likeness (QED) is 0.512. The van der Waals surface area contributed by atoms with Gasteiger partial charge in [0.05, 0.1) is 6.42 Å². The zero-order valence-corrected chi connectivity index (χ0v) is 12.8. The van der Waals surface area contributed by atoms with E-state index in [0.717, 1.165) is 24.8 Å². The summed E-state index contributed by atoms with van der Waals surface area (Å²) >= 11 is 0. The van der Waals surface area contributed by atoms with Crippen LogP contribution in [0.4, 0.5) is 0 Å². The molecule has 1 aromatic carbocycles. The molecule has 0 aliphatic heterocycles. The molecule has 0 radical (unpaired) electrons. The smallest absolute Gasteiger partial charge is 0.360 e. The molecule has 2 unspecified atom stereocenters. The van der Waals surface area contributed by atoms with E-state index in [2.05, 4.69) is 16.1 Å².